The van der Waals surface area contributed by atoms with Gasteiger partial charge < -0.3 is 0 Å². The predicted octanol–water partition coefficient (Wildman–Crippen LogP) is 4.60. The number of nitrogens with zero attached hydrogens (tertiary/aromatic N) is 7. The van der Waals surface area contributed by atoms with Crippen LogP contribution < -0.4 is 5.69 Å². The summed E-state index contributed by atoms with van der Waals surface area (Å²) in [6, 6.07) is 10.1. The Morgan fingerprint density at radius 2 is 1.72 bits per heavy atom. The van der Waals surface area contributed by atoms with Crippen LogP contribution in [0.4, 0.5) is 13.2 Å². The van der Waals surface area contributed by atoms with E-state index in [9.17, 15) is 18.0 Å². The Hall–Kier alpha value is -4.28. The number of aromatic nitrogens is 7. The van der Waals surface area contributed by atoms with Crippen LogP contribution in [0, 0.1) is 6.92 Å². The van der Waals surface area contributed by atoms with E-state index < -0.39 is 17.6 Å². The molecule has 184 valence electrons. The molecule has 8 nitrogen and oxygen atoms in total. The van der Waals surface area contributed by atoms with Crippen LogP contribution in [-0.4, -0.2) is 34.2 Å². The molecule has 1 aromatic carbocycles. The summed E-state index contributed by atoms with van der Waals surface area (Å²) in [5.41, 5.74) is 3.49. The molecule has 4 heterocycles. The van der Waals surface area contributed by atoms with Gasteiger partial charge in [-0.15, -0.1) is 5.10 Å². The van der Waals surface area contributed by atoms with E-state index in [2.05, 4.69) is 27.2 Å². The lowest BCUT2D eigenvalue weighted by Gasteiger charge is -2.09. The summed E-state index contributed by atoms with van der Waals surface area (Å²) in [6.45, 7) is 4.74. The van der Waals surface area contributed by atoms with E-state index in [0.717, 1.165) is 47.5 Å². The number of alkyl halides is 3. The summed E-state index contributed by atoms with van der Waals surface area (Å²) < 4.78 is 42.8. The highest BCUT2D eigenvalue weighted by Crippen LogP contribution is 2.34. The molecule has 0 spiro atoms. The molecule has 0 bridgehead atoms. The highest BCUT2D eigenvalue weighted by atomic mass is 19.4. The fraction of sp³-hybridized carbons (Fsp3) is 0.240. The Morgan fingerprint density at radius 3 is 2.39 bits per heavy atom. The van der Waals surface area contributed by atoms with Gasteiger partial charge in [-0.05, 0) is 30.5 Å². The van der Waals surface area contributed by atoms with Gasteiger partial charge in [-0.3, -0.25) is 9.67 Å². The van der Waals surface area contributed by atoms with Gasteiger partial charge in [0.15, 0.2) is 5.65 Å². The zero-order chi connectivity index (χ0) is 25.4. The monoisotopic (exact) mass is 493 g/mol. The van der Waals surface area contributed by atoms with E-state index in [1.165, 1.54) is 15.3 Å². The number of rotatable bonds is 6. The third-order valence-electron chi connectivity index (χ3n) is 5.80. The zero-order valence-corrected chi connectivity index (χ0v) is 19.6. The van der Waals surface area contributed by atoms with Gasteiger partial charge in [0.25, 0.3) is 0 Å². The highest BCUT2D eigenvalue weighted by Gasteiger charge is 2.32. The largest absolute Gasteiger partial charge is 0.433 e. The molecule has 5 rings (SSSR count). The van der Waals surface area contributed by atoms with Crippen LogP contribution in [0.25, 0.3) is 27.9 Å². The van der Waals surface area contributed by atoms with Crippen LogP contribution in [0.1, 0.15) is 30.2 Å². The Kier molecular flexibility index (Phi) is 5.91. The van der Waals surface area contributed by atoms with Crippen molar-refractivity contribution in [1.29, 1.82) is 0 Å². The van der Waals surface area contributed by atoms with Crippen molar-refractivity contribution in [2.24, 2.45) is 0 Å². The molecule has 0 radical (unpaired) electrons. The lowest BCUT2D eigenvalue weighted by Crippen LogP contribution is -2.23. The average molecular weight is 493 g/mol. The maximum Gasteiger partial charge on any atom is 0.433 e. The fourth-order valence-corrected chi connectivity index (χ4v) is 4.00. The van der Waals surface area contributed by atoms with Gasteiger partial charge in [0.2, 0.25) is 0 Å². The Labute approximate surface area is 203 Å². The number of hydrogen-bond acceptors (Lipinski definition) is 5. The third-order valence-corrected chi connectivity index (χ3v) is 5.80. The number of aryl methyl sites for hydroxylation is 2. The number of halogens is 3. The summed E-state index contributed by atoms with van der Waals surface area (Å²) in [6.07, 6.45) is 2.72. The molecule has 0 saturated heterocycles. The second kappa shape index (κ2) is 9.06. The zero-order valence-electron chi connectivity index (χ0n) is 19.6. The van der Waals surface area contributed by atoms with Gasteiger partial charge in [-0.2, -0.15) is 27.9 Å². The van der Waals surface area contributed by atoms with E-state index >= 15 is 0 Å². The second-order valence-electron chi connectivity index (χ2n) is 8.52. The summed E-state index contributed by atoms with van der Waals surface area (Å²) in [5.74, 6) is 0. The molecule has 36 heavy (non-hydrogen) atoms. The minimum Gasteiger partial charge on any atom is -0.272 e. The Morgan fingerprint density at radius 1 is 0.944 bits per heavy atom. The lowest BCUT2D eigenvalue weighted by molar-refractivity contribution is -0.141. The number of hydrogen-bond donors (Lipinski definition) is 0. The van der Waals surface area contributed by atoms with Gasteiger partial charge in [0.1, 0.15) is 5.69 Å². The minimum atomic E-state index is -4.54. The van der Waals surface area contributed by atoms with E-state index in [4.69, 9.17) is 0 Å². The molecule has 5 aromatic rings. The average Bonchev–Trinajstić information content (AvgIpc) is 3.43. The molecule has 11 heteroatoms. The summed E-state index contributed by atoms with van der Waals surface area (Å²) >= 11 is 0. The SMILES string of the molecule is CCCn1cc(-c2c(-c3ccc(C)cc3)cnn3c(=O)n(Cc4ccc(C(F)(F)F)nc4)nc23)cn1. The van der Waals surface area contributed by atoms with Crippen LogP contribution in [0.5, 0.6) is 0 Å². The van der Waals surface area contributed by atoms with Gasteiger partial charge in [0, 0.05) is 35.6 Å². The van der Waals surface area contributed by atoms with Crippen molar-refractivity contribution in [1.82, 2.24) is 34.2 Å². The molecule has 0 unspecified atom stereocenters. The Balaban J connectivity index is 1.64. The first kappa shape index (κ1) is 23.5. The first-order valence-electron chi connectivity index (χ1n) is 11.4. The number of benzene rings is 1. The third kappa shape index (κ3) is 4.39. The summed E-state index contributed by atoms with van der Waals surface area (Å²) in [5, 5.41) is 13.3. The molecule has 0 amide bonds. The van der Waals surface area contributed by atoms with E-state index in [-0.39, 0.29) is 6.54 Å². The first-order chi connectivity index (χ1) is 17.2. The van der Waals surface area contributed by atoms with Crippen molar-refractivity contribution in [2.45, 2.75) is 39.5 Å². The molecular formula is C25H22F3N7O. The van der Waals surface area contributed by atoms with Crippen molar-refractivity contribution in [3.63, 3.8) is 0 Å². The maximum absolute atomic E-state index is 13.1. The molecule has 0 aliphatic heterocycles. The quantitative estimate of drug-likeness (QED) is 0.345. The standard InChI is InChI=1S/C25H22F3N7O/c1-3-10-33-15-19(12-30-33)22-20(18-7-4-16(2)5-8-18)13-31-35-23(22)32-34(24(35)36)14-17-6-9-21(29-11-17)25(26,27)28/h4-9,11-13,15H,3,10,14H2,1-2H3. The van der Waals surface area contributed by atoms with Crippen LogP contribution in [0.15, 0.2) is 66.0 Å². The second-order valence-corrected chi connectivity index (χ2v) is 8.52. The number of pyridine rings is 1. The molecule has 0 aliphatic carbocycles. The molecular weight excluding hydrogens is 471 g/mol. The summed E-state index contributed by atoms with van der Waals surface area (Å²) in [7, 11) is 0. The van der Waals surface area contributed by atoms with Crippen molar-refractivity contribution < 1.29 is 13.2 Å². The molecule has 0 saturated carbocycles. The van der Waals surface area contributed by atoms with Gasteiger partial charge in [0.05, 0.1) is 18.9 Å². The molecule has 0 fully saturated rings. The van der Waals surface area contributed by atoms with Crippen LogP contribution in [-0.2, 0) is 19.3 Å². The van der Waals surface area contributed by atoms with Crippen LogP contribution in [0.3, 0.4) is 0 Å². The fourth-order valence-electron chi connectivity index (χ4n) is 4.00. The van der Waals surface area contributed by atoms with Gasteiger partial charge in [-0.25, -0.2) is 9.48 Å². The van der Waals surface area contributed by atoms with Crippen molar-refractivity contribution >= 4 is 5.65 Å². The highest BCUT2D eigenvalue weighted by molar-refractivity contribution is 5.90. The topological polar surface area (TPSA) is 82.9 Å². The number of fused-ring (bicyclic) bond motifs is 1. The maximum atomic E-state index is 13.1. The van der Waals surface area contributed by atoms with E-state index in [1.54, 1.807) is 12.4 Å². The molecule has 0 N–H and O–H groups in total. The first-order valence-corrected chi connectivity index (χ1v) is 11.4. The normalized spacial score (nSPS) is 11.9. The Bertz CT molecular complexity index is 1580. The van der Waals surface area contributed by atoms with Crippen LogP contribution in [0.2, 0.25) is 0 Å². The van der Waals surface area contributed by atoms with Gasteiger partial charge >= 0.3 is 11.9 Å². The van der Waals surface area contributed by atoms with Crippen molar-refractivity contribution in [3.8, 4) is 22.3 Å². The lowest BCUT2D eigenvalue weighted by atomic mass is 9.98. The van der Waals surface area contributed by atoms with Gasteiger partial charge in [-0.1, -0.05) is 42.8 Å². The summed E-state index contributed by atoms with van der Waals surface area (Å²) in [4.78, 5) is 16.6. The molecule has 4 aromatic heterocycles. The van der Waals surface area contributed by atoms with Crippen LogP contribution >= 0.6 is 0 Å². The van der Waals surface area contributed by atoms with Crippen molar-refractivity contribution in [3.05, 3.63) is 88.5 Å². The predicted molar refractivity (Wildman–Crippen MR) is 127 cm³/mol. The molecule has 0 aliphatic rings. The van der Waals surface area contributed by atoms with E-state index in [0.29, 0.717) is 16.8 Å². The smallest absolute Gasteiger partial charge is 0.272 e. The minimum absolute atomic E-state index is 0.0538. The van der Waals surface area contributed by atoms with Crippen molar-refractivity contribution in [2.75, 3.05) is 0 Å². The van der Waals surface area contributed by atoms with E-state index in [1.807, 2.05) is 42.1 Å². The molecule has 0 atom stereocenters.